The van der Waals surface area contributed by atoms with Gasteiger partial charge in [0, 0.05) is 26.1 Å². The van der Waals surface area contributed by atoms with E-state index in [0.29, 0.717) is 57.3 Å². The van der Waals surface area contributed by atoms with Crippen LogP contribution in [0.4, 0.5) is 51.1 Å². The van der Waals surface area contributed by atoms with Crippen molar-refractivity contribution in [3.63, 3.8) is 0 Å². The summed E-state index contributed by atoms with van der Waals surface area (Å²) < 4.78 is 125. The Bertz CT molecular complexity index is 1620. The summed E-state index contributed by atoms with van der Waals surface area (Å²) in [6.07, 6.45) is -11.7. The number of halogens is 9. The molecule has 1 aliphatic heterocycles. The van der Waals surface area contributed by atoms with Crippen molar-refractivity contribution >= 4 is 17.6 Å². The highest BCUT2D eigenvalue weighted by molar-refractivity contribution is 5.67. The van der Waals surface area contributed by atoms with E-state index in [-0.39, 0.29) is 59.3 Å². The number of aliphatic carboxylic acids is 1. The van der Waals surface area contributed by atoms with Crippen LogP contribution in [0.2, 0.25) is 0 Å². The molecular formula is C31H34F9N7O2. The van der Waals surface area contributed by atoms with Gasteiger partial charge >= 0.3 is 24.5 Å². The summed E-state index contributed by atoms with van der Waals surface area (Å²) in [5.41, 5.74) is -4.44. The first-order chi connectivity index (χ1) is 22.8. The van der Waals surface area contributed by atoms with E-state index in [1.165, 1.54) is 18.9 Å². The van der Waals surface area contributed by atoms with Crippen LogP contribution in [-0.4, -0.2) is 49.4 Å². The number of aromatic nitrogens is 5. The highest BCUT2D eigenvalue weighted by atomic mass is 19.4. The summed E-state index contributed by atoms with van der Waals surface area (Å²) >= 11 is 0. The Balaban J connectivity index is 1.58. The number of fused-ring (bicyclic) bond motifs is 1. The molecule has 1 aliphatic carbocycles. The monoisotopic (exact) mass is 707 g/mol. The third-order valence-corrected chi connectivity index (χ3v) is 9.13. The van der Waals surface area contributed by atoms with Crippen LogP contribution >= 0.6 is 0 Å². The number of hydrogen-bond acceptors (Lipinski definition) is 7. The zero-order valence-electron chi connectivity index (χ0n) is 26.5. The predicted molar refractivity (Wildman–Crippen MR) is 157 cm³/mol. The van der Waals surface area contributed by atoms with Crippen LogP contribution in [0, 0.1) is 18.8 Å². The quantitative estimate of drug-likeness (QED) is 0.239. The molecule has 3 heterocycles. The van der Waals surface area contributed by atoms with E-state index < -0.39 is 53.8 Å². The van der Waals surface area contributed by atoms with Crippen LogP contribution in [0.5, 0.6) is 0 Å². The van der Waals surface area contributed by atoms with E-state index in [0.717, 1.165) is 10.9 Å². The van der Waals surface area contributed by atoms with Gasteiger partial charge < -0.3 is 14.9 Å². The summed E-state index contributed by atoms with van der Waals surface area (Å²) in [6, 6.07) is 1.25. The van der Waals surface area contributed by atoms with Gasteiger partial charge in [-0.05, 0) is 92.3 Å². The Morgan fingerprint density at radius 2 is 1.51 bits per heavy atom. The minimum atomic E-state index is -5.10. The molecule has 3 aromatic rings. The standard InChI is InChI=1S/C31H34F9N7O2/c1-17-23(31(38,39)40)14-25-27(41-17)24(4-3-9-46(25)15-19-7-5-18(6-8-19)12-26(48)49)47(28-42-44-45(2)43-28)16-20-10-21(29(32,33)34)13-22(11-20)30(35,36)37/h10-11,13-14,18-19,24H,3-9,12,15-16H2,1-2H3,(H,48,49). The number of nitrogens with zero attached hydrogens (tertiary/aromatic N) is 7. The van der Waals surface area contributed by atoms with Crippen molar-refractivity contribution in [1.29, 1.82) is 0 Å². The Morgan fingerprint density at radius 1 is 0.898 bits per heavy atom. The number of carbonyl (C=O) groups is 1. The molecule has 268 valence electrons. The highest BCUT2D eigenvalue weighted by Gasteiger charge is 2.40. The number of aryl methyl sites for hydroxylation is 2. The molecule has 0 bridgehead atoms. The summed E-state index contributed by atoms with van der Waals surface area (Å²) in [6.45, 7) is 1.27. The molecule has 5 rings (SSSR count). The van der Waals surface area contributed by atoms with E-state index >= 15 is 0 Å². The SMILES string of the molecule is Cc1nc2c(cc1C(F)(F)F)N(CC1CCC(CC(=O)O)CC1)CCCC2N(Cc1cc(C(F)(F)F)cc(C(F)(F)F)c1)c1nnn(C)n1. The number of carboxylic acid groups (broad SMARTS) is 1. The van der Waals surface area contributed by atoms with Crippen molar-refractivity contribution < 1.29 is 49.4 Å². The highest BCUT2D eigenvalue weighted by Crippen LogP contribution is 2.44. The van der Waals surface area contributed by atoms with E-state index in [9.17, 15) is 44.3 Å². The lowest BCUT2D eigenvalue weighted by Gasteiger charge is -2.35. The van der Waals surface area contributed by atoms with Gasteiger partial charge in [0.25, 0.3) is 5.95 Å². The molecule has 1 unspecified atom stereocenters. The van der Waals surface area contributed by atoms with Gasteiger partial charge in [0.05, 0.1) is 46.9 Å². The largest absolute Gasteiger partial charge is 0.481 e. The lowest BCUT2D eigenvalue weighted by Crippen LogP contribution is -2.34. The number of anilines is 2. The second-order valence-corrected chi connectivity index (χ2v) is 12.7. The molecule has 9 nitrogen and oxygen atoms in total. The second kappa shape index (κ2) is 13.7. The van der Waals surface area contributed by atoms with Crippen LogP contribution in [0.15, 0.2) is 24.3 Å². The van der Waals surface area contributed by atoms with Crippen LogP contribution in [0.3, 0.4) is 0 Å². The Morgan fingerprint density at radius 3 is 2.04 bits per heavy atom. The summed E-state index contributed by atoms with van der Waals surface area (Å²) in [7, 11) is 1.41. The third kappa shape index (κ3) is 8.55. The molecule has 2 aliphatic rings. The smallest absolute Gasteiger partial charge is 0.418 e. The first kappa shape index (κ1) is 36.2. The van der Waals surface area contributed by atoms with Crippen molar-refractivity contribution in [3.8, 4) is 0 Å². The maximum Gasteiger partial charge on any atom is 0.418 e. The molecule has 18 heteroatoms. The van der Waals surface area contributed by atoms with Crippen molar-refractivity contribution in [2.75, 3.05) is 22.9 Å². The molecule has 0 spiro atoms. The lowest BCUT2D eigenvalue weighted by molar-refractivity contribution is -0.143. The maximum atomic E-state index is 14.2. The molecule has 49 heavy (non-hydrogen) atoms. The number of benzene rings is 1. The van der Waals surface area contributed by atoms with Gasteiger partial charge in [0.1, 0.15) is 0 Å². The minimum Gasteiger partial charge on any atom is -0.481 e. The van der Waals surface area contributed by atoms with E-state index in [2.05, 4.69) is 20.4 Å². The van der Waals surface area contributed by atoms with Gasteiger partial charge in [-0.25, -0.2) is 0 Å². The Labute approximate surface area is 275 Å². The number of carboxylic acids is 1. The number of tetrazole rings is 1. The predicted octanol–water partition coefficient (Wildman–Crippen LogP) is 7.60. The van der Waals surface area contributed by atoms with Crippen molar-refractivity contribution in [1.82, 2.24) is 25.2 Å². The van der Waals surface area contributed by atoms with Crippen LogP contribution < -0.4 is 9.80 Å². The number of alkyl halides is 9. The van der Waals surface area contributed by atoms with Gasteiger partial charge in [-0.15, -0.1) is 5.10 Å². The lowest BCUT2D eigenvalue weighted by atomic mass is 9.80. The molecular weight excluding hydrogens is 673 g/mol. The number of hydrogen-bond donors (Lipinski definition) is 1. The van der Waals surface area contributed by atoms with Gasteiger partial charge in [0.15, 0.2) is 0 Å². The third-order valence-electron chi connectivity index (χ3n) is 9.13. The summed E-state index contributed by atoms with van der Waals surface area (Å²) in [5.74, 6) is -0.987. The Kier molecular flexibility index (Phi) is 10.1. The number of pyridine rings is 1. The fourth-order valence-corrected chi connectivity index (χ4v) is 6.82. The minimum absolute atomic E-state index is 0.0115. The summed E-state index contributed by atoms with van der Waals surface area (Å²) in [5, 5.41) is 21.1. The van der Waals surface area contributed by atoms with Gasteiger partial charge in [-0.1, -0.05) is 5.10 Å². The van der Waals surface area contributed by atoms with Crippen LogP contribution in [0.25, 0.3) is 0 Å². The maximum absolute atomic E-state index is 14.2. The first-order valence-corrected chi connectivity index (χ1v) is 15.6. The van der Waals surface area contributed by atoms with Gasteiger partial charge in [-0.2, -0.15) is 44.3 Å². The second-order valence-electron chi connectivity index (χ2n) is 12.7. The fraction of sp³-hybridized carbons (Fsp3) is 0.581. The molecule has 1 N–H and O–H groups in total. The zero-order valence-corrected chi connectivity index (χ0v) is 26.5. The normalized spacial score (nSPS) is 20.6. The van der Waals surface area contributed by atoms with E-state index in [4.69, 9.17) is 5.11 Å². The fourth-order valence-electron chi connectivity index (χ4n) is 6.82. The Hall–Kier alpha value is -4.12. The molecule has 1 aromatic carbocycles. The average molecular weight is 708 g/mol. The number of rotatable bonds is 8. The van der Waals surface area contributed by atoms with Gasteiger partial charge in [-0.3, -0.25) is 9.78 Å². The molecule has 0 saturated heterocycles. The molecule has 1 fully saturated rings. The van der Waals surface area contributed by atoms with Crippen LogP contribution in [-0.2, 0) is 36.9 Å². The van der Waals surface area contributed by atoms with Gasteiger partial charge in [0.2, 0.25) is 0 Å². The van der Waals surface area contributed by atoms with E-state index in [1.54, 1.807) is 4.90 Å². The summed E-state index contributed by atoms with van der Waals surface area (Å²) in [4.78, 5) is 19.8. The molecule has 2 aromatic heterocycles. The van der Waals surface area contributed by atoms with Crippen molar-refractivity contribution in [2.45, 2.75) is 83.0 Å². The molecule has 0 amide bonds. The van der Waals surface area contributed by atoms with E-state index in [1.807, 2.05) is 0 Å². The molecule has 1 atom stereocenters. The zero-order chi connectivity index (χ0) is 35.9. The van der Waals surface area contributed by atoms with Crippen molar-refractivity contribution in [2.24, 2.45) is 18.9 Å². The molecule has 1 saturated carbocycles. The molecule has 0 radical (unpaired) electrons. The van der Waals surface area contributed by atoms with Crippen molar-refractivity contribution in [3.05, 3.63) is 57.9 Å². The topological polar surface area (TPSA) is 100 Å². The first-order valence-electron chi connectivity index (χ1n) is 15.6. The average Bonchev–Trinajstić information content (AvgIpc) is 3.35. The van der Waals surface area contributed by atoms with Crippen LogP contribution in [0.1, 0.15) is 84.6 Å².